The first kappa shape index (κ1) is 37.5. The summed E-state index contributed by atoms with van der Waals surface area (Å²) >= 11 is 0. The van der Waals surface area contributed by atoms with E-state index < -0.39 is 28.1 Å². The minimum absolute atomic E-state index is 0.126. The number of ether oxygens (including phenoxy) is 2. The van der Waals surface area contributed by atoms with E-state index in [4.69, 9.17) is 14.5 Å². The molecule has 1 amide bonds. The Morgan fingerprint density at radius 3 is 2.40 bits per heavy atom. The largest absolute Gasteiger partial charge is 0.508 e. The summed E-state index contributed by atoms with van der Waals surface area (Å²) in [5, 5.41) is 17.4. The summed E-state index contributed by atoms with van der Waals surface area (Å²) < 4.78 is 12.6. The third kappa shape index (κ3) is 7.20. The highest BCUT2D eigenvalue weighted by Crippen LogP contribution is 2.56. The first-order valence-corrected chi connectivity index (χ1v) is 18.3. The molecule has 0 radical (unpaired) electrons. The van der Waals surface area contributed by atoms with Crippen molar-refractivity contribution in [1.29, 1.82) is 0 Å². The molecule has 0 aromatic carbocycles. The normalized spacial score (nSPS) is 30.3. The molecule has 2 aliphatic carbocycles. The summed E-state index contributed by atoms with van der Waals surface area (Å²) in [4.78, 5) is 34.2. The van der Waals surface area contributed by atoms with Gasteiger partial charge in [0.25, 0.3) is 0 Å². The Morgan fingerprint density at radius 1 is 1.10 bits per heavy atom. The number of aryl methyl sites for hydroxylation is 1. The number of carbonyl (C=O) groups is 2. The van der Waals surface area contributed by atoms with Crippen molar-refractivity contribution in [1.82, 2.24) is 15.2 Å². The Balaban J connectivity index is 1.43. The number of fused-ring (bicyclic) bond motifs is 1. The number of alkyl carbamates (subject to hydrolysis) is 1. The van der Waals surface area contributed by atoms with E-state index in [1.165, 1.54) is 5.57 Å². The summed E-state index contributed by atoms with van der Waals surface area (Å²) in [6, 6.07) is 3.95. The summed E-state index contributed by atoms with van der Waals surface area (Å²) in [6.45, 7) is 26.5. The van der Waals surface area contributed by atoms with E-state index in [1.54, 1.807) is 6.08 Å². The Hall–Kier alpha value is -3.75. The number of aromatic nitrogens is 1. The maximum Gasteiger partial charge on any atom is 0.407 e. The number of aliphatic hydroxyl groups is 1. The minimum Gasteiger partial charge on any atom is -0.508 e. The lowest BCUT2D eigenvalue weighted by Gasteiger charge is -2.57. The number of hydrogen-bond donors (Lipinski definition) is 3. The van der Waals surface area contributed by atoms with Crippen LogP contribution in [-0.4, -0.2) is 63.7 Å². The number of Topliss-reactive ketones (excluding diaryl/α,β-unsaturated/α-hetero) is 1. The summed E-state index contributed by atoms with van der Waals surface area (Å²) in [7, 11) is 0. The van der Waals surface area contributed by atoms with Crippen molar-refractivity contribution in [3.63, 3.8) is 0 Å². The van der Waals surface area contributed by atoms with Gasteiger partial charge in [-0.1, -0.05) is 38.5 Å². The van der Waals surface area contributed by atoms with Crippen LogP contribution in [0.4, 0.5) is 10.5 Å². The highest BCUT2D eigenvalue weighted by molar-refractivity contribution is 6.01. The van der Waals surface area contributed by atoms with Gasteiger partial charge in [0.05, 0.1) is 22.4 Å². The number of ketones is 1. The molecule has 5 atom stereocenters. The fraction of sp³-hybridized carbons (Fsp3) is 0.634. The van der Waals surface area contributed by atoms with Crippen LogP contribution in [0.25, 0.3) is 0 Å². The predicted octanol–water partition coefficient (Wildman–Crippen LogP) is 8.43. The monoisotopic (exact) mass is 688 g/mol. The Labute approximate surface area is 299 Å². The summed E-state index contributed by atoms with van der Waals surface area (Å²) in [5.74, 6) is 0.926. The molecule has 0 bridgehead atoms. The molecule has 5 rings (SSSR count). The van der Waals surface area contributed by atoms with Crippen LogP contribution in [0.5, 0.6) is 0 Å². The van der Waals surface area contributed by atoms with Crippen molar-refractivity contribution in [2.24, 2.45) is 16.7 Å². The van der Waals surface area contributed by atoms with Crippen molar-refractivity contribution in [3.8, 4) is 0 Å². The second-order valence-corrected chi connectivity index (χ2v) is 17.7. The number of hydrogen-bond acceptors (Lipinski definition) is 8. The molecule has 1 aromatic heterocycles. The van der Waals surface area contributed by atoms with E-state index in [0.717, 1.165) is 54.5 Å². The molecule has 9 heteroatoms. The SMILES string of the molecule is CC1=CC([C@@H](C)Nc2ccc(C)nc2C2(C)C=CC(O)=C(CNC(=O)OC(C)(C)C)C2)C2(C)OC(N3CCC(C)(C)CC3)=C(C)C(=O)C2(C)C1. The molecule has 0 saturated carbocycles. The minimum atomic E-state index is -0.792. The fourth-order valence-electron chi connectivity index (χ4n) is 8.36. The van der Waals surface area contributed by atoms with Gasteiger partial charge in [-0.2, -0.15) is 0 Å². The lowest BCUT2D eigenvalue weighted by Crippen LogP contribution is -2.63. The standard InChI is InChI=1S/C41H60N4O5/c1-25-21-30(41(12)40(11,22-25)34(47)27(3)35(49-41)45-19-17-38(8,9)18-20-45)28(4)44-31-14-13-26(2)43-33(31)39(10)16-15-32(46)29(23-39)24-42-36(48)50-37(5,6)7/h13-16,21,28,30,44,46H,17-20,22-24H2,1-12H3,(H,42,48)/t28-,30?,39?,40?,41?/m1/s1. The first-order chi connectivity index (χ1) is 23.1. The molecule has 3 N–H and O–H groups in total. The molecule has 1 saturated heterocycles. The number of piperidine rings is 1. The highest BCUT2D eigenvalue weighted by atomic mass is 16.6. The summed E-state index contributed by atoms with van der Waals surface area (Å²) in [6.07, 6.45) is 8.68. The lowest BCUT2D eigenvalue weighted by atomic mass is 9.56. The first-order valence-electron chi connectivity index (χ1n) is 18.3. The Morgan fingerprint density at radius 2 is 1.76 bits per heavy atom. The lowest BCUT2D eigenvalue weighted by molar-refractivity contribution is -0.173. The van der Waals surface area contributed by atoms with Crippen LogP contribution in [0.15, 0.2) is 58.7 Å². The predicted molar refractivity (Wildman–Crippen MR) is 199 cm³/mol. The number of allylic oxidation sites excluding steroid dienone is 4. The number of nitrogens with one attached hydrogen (secondary N) is 2. The van der Waals surface area contributed by atoms with Gasteiger partial charge in [-0.15, -0.1) is 0 Å². The molecule has 9 nitrogen and oxygen atoms in total. The van der Waals surface area contributed by atoms with E-state index in [2.05, 4.69) is 76.1 Å². The number of pyridine rings is 1. The van der Waals surface area contributed by atoms with E-state index in [-0.39, 0.29) is 35.5 Å². The van der Waals surface area contributed by atoms with Crippen molar-refractivity contribution < 1.29 is 24.2 Å². The number of amides is 1. The van der Waals surface area contributed by atoms with E-state index >= 15 is 0 Å². The van der Waals surface area contributed by atoms with Gasteiger partial charge in [0, 0.05) is 42.7 Å². The number of anilines is 1. The van der Waals surface area contributed by atoms with Crippen molar-refractivity contribution in [2.45, 2.75) is 131 Å². The zero-order valence-corrected chi connectivity index (χ0v) is 32.5. The average molecular weight is 689 g/mol. The maximum absolute atomic E-state index is 14.4. The topological polar surface area (TPSA) is 113 Å². The molecule has 1 aromatic rings. The van der Waals surface area contributed by atoms with Gasteiger partial charge in [0.2, 0.25) is 0 Å². The highest BCUT2D eigenvalue weighted by Gasteiger charge is 2.62. The van der Waals surface area contributed by atoms with Gasteiger partial charge >= 0.3 is 6.09 Å². The smallest absolute Gasteiger partial charge is 0.407 e. The van der Waals surface area contributed by atoms with Crippen LogP contribution in [0.3, 0.4) is 0 Å². The molecule has 50 heavy (non-hydrogen) atoms. The number of rotatable bonds is 7. The molecule has 4 unspecified atom stereocenters. The van der Waals surface area contributed by atoms with Crippen LogP contribution in [0, 0.1) is 23.7 Å². The average Bonchev–Trinajstić information content (AvgIpc) is 3.01. The van der Waals surface area contributed by atoms with E-state index in [0.29, 0.717) is 18.4 Å². The molecule has 3 heterocycles. The van der Waals surface area contributed by atoms with Gasteiger partial charge < -0.3 is 30.1 Å². The third-order valence-electron chi connectivity index (χ3n) is 11.6. The maximum atomic E-state index is 14.4. The van der Waals surface area contributed by atoms with E-state index in [1.807, 2.05) is 46.8 Å². The van der Waals surface area contributed by atoms with Crippen molar-refractivity contribution in [2.75, 3.05) is 25.0 Å². The second-order valence-electron chi connectivity index (χ2n) is 17.7. The van der Waals surface area contributed by atoms with Crippen molar-refractivity contribution >= 4 is 17.6 Å². The molecule has 274 valence electrons. The van der Waals surface area contributed by atoms with E-state index in [9.17, 15) is 14.7 Å². The molecule has 0 spiro atoms. The van der Waals surface area contributed by atoms with Crippen LogP contribution < -0.4 is 10.6 Å². The Kier molecular flexibility index (Phi) is 9.82. The number of likely N-dealkylation sites (tertiary alicyclic amines) is 1. The molecule has 1 fully saturated rings. The zero-order valence-electron chi connectivity index (χ0n) is 32.5. The second kappa shape index (κ2) is 13.1. The van der Waals surface area contributed by atoms with Crippen molar-refractivity contribution in [3.05, 3.63) is 70.1 Å². The number of aliphatic hydroxyl groups excluding tert-OH is 1. The van der Waals surface area contributed by atoms with Gasteiger partial charge in [-0.25, -0.2) is 4.79 Å². The van der Waals surface area contributed by atoms with Gasteiger partial charge in [0.15, 0.2) is 11.7 Å². The zero-order chi connectivity index (χ0) is 37.0. The number of carbonyl (C=O) groups excluding carboxylic acids is 2. The third-order valence-corrected chi connectivity index (χ3v) is 11.6. The van der Waals surface area contributed by atoms with Crippen LogP contribution in [0.2, 0.25) is 0 Å². The van der Waals surface area contributed by atoms with Crippen LogP contribution >= 0.6 is 0 Å². The molecular formula is C41H60N4O5. The fourth-order valence-corrected chi connectivity index (χ4v) is 8.36. The van der Waals surface area contributed by atoms with Gasteiger partial charge in [0.1, 0.15) is 17.0 Å². The molecule has 4 aliphatic rings. The number of nitrogens with zero attached hydrogens (tertiary/aromatic N) is 2. The van der Waals surface area contributed by atoms with Gasteiger partial charge in [-0.3, -0.25) is 9.78 Å². The quantitative estimate of drug-likeness (QED) is 0.245. The summed E-state index contributed by atoms with van der Waals surface area (Å²) in [5.41, 5.74) is 2.78. The van der Waals surface area contributed by atoms with Gasteiger partial charge in [-0.05, 0) is 117 Å². The Bertz CT molecular complexity index is 1650. The van der Waals surface area contributed by atoms with Crippen LogP contribution in [-0.2, 0) is 19.7 Å². The molecule has 2 aliphatic heterocycles. The van der Waals surface area contributed by atoms with Crippen LogP contribution in [0.1, 0.15) is 113 Å². The molecular weight excluding hydrogens is 628 g/mol.